The second-order valence-corrected chi connectivity index (χ2v) is 11.7. The molecule has 0 spiro atoms. The minimum Gasteiger partial charge on any atom is -0.480 e. The van der Waals surface area contributed by atoms with Gasteiger partial charge in [-0.2, -0.15) is 13.2 Å². The number of halogens is 3. The lowest BCUT2D eigenvalue weighted by Crippen LogP contribution is -2.48. The van der Waals surface area contributed by atoms with Crippen LogP contribution < -0.4 is 10.1 Å². The zero-order valence-corrected chi connectivity index (χ0v) is 19.5. The fourth-order valence-electron chi connectivity index (χ4n) is 4.92. The van der Waals surface area contributed by atoms with Gasteiger partial charge in [0, 0.05) is 12.3 Å². The molecule has 0 saturated heterocycles. The van der Waals surface area contributed by atoms with Crippen molar-refractivity contribution in [3.63, 3.8) is 0 Å². The molecule has 0 radical (unpaired) electrons. The molecule has 6 nitrogen and oxygen atoms in total. The van der Waals surface area contributed by atoms with Crippen molar-refractivity contribution < 1.29 is 31.1 Å². The summed E-state index contributed by atoms with van der Waals surface area (Å²) in [5, 5.41) is 2.87. The lowest BCUT2D eigenvalue weighted by molar-refractivity contribution is -0.141. The Morgan fingerprint density at radius 3 is 2.47 bits per heavy atom. The van der Waals surface area contributed by atoms with E-state index in [2.05, 4.69) is 10.3 Å². The highest BCUT2D eigenvalue weighted by Gasteiger charge is 2.48. The molecule has 0 atom stereocenters. The number of carbonyl (C=O) groups is 1. The van der Waals surface area contributed by atoms with Crippen LogP contribution >= 0.6 is 0 Å². The van der Waals surface area contributed by atoms with Crippen molar-refractivity contribution in [2.45, 2.75) is 58.5 Å². The second-order valence-electron chi connectivity index (χ2n) is 9.43. The number of pyridine rings is 1. The third-order valence-corrected chi connectivity index (χ3v) is 8.39. The molecule has 2 fully saturated rings. The van der Waals surface area contributed by atoms with E-state index in [4.69, 9.17) is 4.74 Å². The van der Waals surface area contributed by atoms with Gasteiger partial charge in [-0.1, -0.05) is 19.8 Å². The summed E-state index contributed by atoms with van der Waals surface area (Å²) in [7, 11) is -1.88. The van der Waals surface area contributed by atoms with Crippen LogP contribution in [0.2, 0.25) is 0 Å². The number of nitrogens with one attached hydrogen (secondary N) is 1. The van der Waals surface area contributed by atoms with Crippen molar-refractivity contribution in [2.24, 2.45) is 17.3 Å². The van der Waals surface area contributed by atoms with Gasteiger partial charge in [0.15, 0.2) is 9.84 Å². The summed E-state index contributed by atoms with van der Waals surface area (Å²) in [6.07, 6.45) is 0.636. The van der Waals surface area contributed by atoms with Gasteiger partial charge in [0.05, 0.1) is 12.9 Å². The van der Waals surface area contributed by atoms with Gasteiger partial charge < -0.3 is 10.1 Å². The SMILES string of the molecule is CCCS(=O)(=O)CC1CC(CNC(=O)c2c(C)cc(C(F)(F)F)nc2OC)(CC2CC2)C1. The van der Waals surface area contributed by atoms with Crippen molar-refractivity contribution >= 4 is 15.7 Å². The molecule has 0 unspecified atom stereocenters. The van der Waals surface area contributed by atoms with E-state index >= 15 is 0 Å². The zero-order chi connectivity index (χ0) is 23.7. The van der Waals surface area contributed by atoms with Crippen molar-refractivity contribution in [1.82, 2.24) is 10.3 Å². The molecule has 10 heteroatoms. The molecule has 1 amide bonds. The molecule has 1 heterocycles. The minimum absolute atomic E-state index is 0.0107. The largest absolute Gasteiger partial charge is 0.480 e. The van der Waals surface area contributed by atoms with Gasteiger partial charge in [-0.05, 0) is 61.5 Å². The van der Waals surface area contributed by atoms with Gasteiger partial charge in [0.2, 0.25) is 5.88 Å². The summed E-state index contributed by atoms with van der Waals surface area (Å²) < 4.78 is 68.4. The molecule has 2 saturated carbocycles. The Kier molecular flexibility index (Phi) is 7.12. The van der Waals surface area contributed by atoms with Crippen molar-refractivity contribution in [3.05, 3.63) is 22.9 Å². The quantitative estimate of drug-likeness (QED) is 0.548. The van der Waals surface area contributed by atoms with Crippen LogP contribution in [0.4, 0.5) is 13.2 Å². The van der Waals surface area contributed by atoms with Crippen LogP contribution in [0.3, 0.4) is 0 Å². The predicted octanol–water partition coefficient (Wildman–Crippen LogP) is 4.17. The lowest BCUT2D eigenvalue weighted by atomic mass is 9.60. The number of amides is 1. The first-order chi connectivity index (χ1) is 14.9. The van der Waals surface area contributed by atoms with Crippen LogP contribution in [-0.4, -0.2) is 44.5 Å². The van der Waals surface area contributed by atoms with E-state index in [1.807, 2.05) is 6.92 Å². The Balaban J connectivity index is 1.69. The molecule has 2 aliphatic carbocycles. The van der Waals surface area contributed by atoms with Crippen LogP contribution in [0.1, 0.15) is 67.1 Å². The Bertz CT molecular complexity index is 953. The molecule has 180 valence electrons. The monoisotopic (exact) mass is 476 g/mol. The maximum atomic E-state index is 13.0. The summed E-state index contributed by atoms with van der Waals surface area (Å²) >= 11 is 0. The number of aromatic nitrogens is 1. The van der Waals surface area contributed by atoms with Gasteiger partial charge in [-0.15, -0.1) is 0 Å². The van der Waals surface area contributed by atoms with Gasteiger partial charge in [0.25, 0.3) is 5.91 Å². The van der Waals surface area contributed by atoms with E-state index in [9.17, 15) is 26.4 Å². The van der Waals surface area contributed by atoms with E-state index in [1.165, 1.54) is 14.0 Å². The Morgan fingerprint density at radius 2 is 1.94 bits per heavy atom. The smallest absolute Gasteiger partial charge is 0.433 e. The summed E-state index contributed by atoms with van der Waals surface area (Å²) in [4.78, 5) is 16.4. The predicted molar refractivity (Wildman–Crippen MR) is 114 cm³/mol. The van der Waals surface area contributed by atoms with Crippen LogP contribution in [-0.2, 0) is 16.0 Å². The maximum absolute atomic E-state index is 13.0. The third kappa shape index (κ3) is 5.94. The number of methoxy groups -OCH3 is 1. The number of ether oxygens (including phenoxy) is 1. The first-order valence-electron chi connectivity index (χ1n) is 11.0. The van der Waals surface area contributed by atoms with E-state index in [1.54, 1.807) is 0 Å². The molecule has 1 N–H and O–H groups in total. The molecular formula is C22H31F3N2O4S. The Morgan fingerprint density at radius 1 is 1.28 bits per heavy atom. The number of aryl methyl sites for hydroxylation is 1. The van der Waals surface area contributed by atoms with Crippen LogP contribution in [0, 0.1) is 24.2 Å². The maximum Gasteiger partial charge on any atom is 0.433 e. The number of alkyl halides is 3. The zero-order valence-electron chi connectivity index (χ0n) is 18.7. The normalized spacial score (nSPS) is 23.5. The highest BCUT2D eigenvalue weighted by Crippen LogP contribution is 2.54. The molecular weight excluding hydrogens is 445 g/mol. The number of rotatable bonds is 10. The lowest BCUT2D eigenvalue weighted by Gasteiger charge is -2.48. The number of carbonyl (C=O) groups excluding carboxylic acids is 1. The molecule has 32 heavy (non-hydrogen) atoms. The number of nitrogens with zero attached hydrogens (tertiary/aromatic N) is 1. The fourth-order valence-corrected chi connectivity index (χ4v) is 6.67. The fraction of sp³-hybridized carbons (Fsp3) is 0.727. The molecule has 0 aliphatic heterocycles. The highest BCUT2D eigenvalue weighted by molar-refractivity contribution is 7.91. The average molecular weight is 477 g/mol. The molecule has 0 aromatic carbocycles. The first kappa shape index (κ1) is 24.8. The molecule has 3 rings (SSSR count). The van der Waals surface area contributed by atoms with E-state index in [0.29, 0.717) is 18.9 Å². The molecule has 2 aliphatic rings. The van der Waals surface area contributed by atoms with Crippen LogP contribution in [0.15, 0.2) is 6.07 Å². The van der Waals surface area contributed by atoms with E-state index in [0.717, 1.165) is 38.2 Å². The topological polar surface area (TPSA) is 85.4 Å². The Labute approximate surface area is 187 Å². The average Bonchev–Trinajstić information content (AvgIpc) is 3.46. The summed E-state index contributed by atoms with van der Waals surface area (Å²) in [5.74, 6) is 0.170. The second kappa shape index (κ2) is 9.19. The number of hydrogen-bond acceptors (Lipinski definition) is 5. The molecule has 1 aromatic heterocycles. The van der Waals surface area contributed by atoms with Gasteiger partial charge in [-0.3, -0.25) is 4.79 Å². The summed E-state index contributed by atoms with van der Waals surface area (Å²) in [6.45, 7) is 3.63. The number of hydrogen-bond donors (Lipinski definition) is 1. The van der Waals surface area contributed by atoms with Gasteiger partial charge in [-0.25, -0.2) is 13.4 Å². The summed E-state index contributed by atoms with van der Waals surface area (Å²) in [6, 6.07) is 0.843. The molecule has 0 bridgehead atoms. The van der Waals surface area contributed by atoms with Gasteiger partial charge >= 0.3 is 6.18 Å². The minimum atomic E-state index is -4.64. The first-order valence-corrected chi connectivity index (χ1v) is 12.8. The third-order valence-electron chi connectivity index (χ3n) is 6.38. The van der Waals surface area contributed by atoms with Crippen molar-refractivity contribution in [3.8, 4) is 5.88 Å². The van der Waals surface area contributed by atoms with Crippen molar-refractivity contribution in [2.75, 3.05) is 25.2 Å². The summed E-state index contributed by atoms with van der Waals surface area (Å²) in [5.41, 5.74) is -1.15. The number of sulfone groups is 1. The molecule has 1 aromatic rings. The van der Waals surface area contributed by atoms with Crippen molar-refractivity contribution in [1.29, 1.82) is 0 Å². The van der Waals surface area contributed by atoms with E-state index in [-0.39, 0.29) is 39.8 Å². The van der Waals surface area contributed by atoms with Gasteiger partial charge in [0.1, 0.15) is 11.3 Å². The van der Waals surface area contributed by atoms with Crippen LogP contribution in [0.5, 0.6) is 5.88 Å². The highest BCUT2D eigenvalue weighted by atomic mass is 32.2. The Hall–Kier alpha value is -1.84. The van der Waals surface area contributed by atoms with Crippen LogP contribution in [0.25, 0.3) is 0 Å². The van der Waals surface area contributed by atoms with E-state index < -0.39 is 27.6 Å². The standard InChI is InChI=1S/C22H31F3N2O4S/c1-4-7-32(29,30)12-16-10-21(11-16,9-15-5-6-15)13-26-19(28)18-14(2)8-17(22(23,24)25)27-20(18)31-3/h8,15-16H,4-7,9-13H2,1-3H3,(H,26,28).